The van der Waals surface area contributed by atoms with E-state index in [-0.39, 0.29) is 12.1 Å². The third-order valence-corrected chi connectivity index (χ3v) is 2.80. The number of amides is 1. The lowest BCUT2D eigenvalue weighted by atomic mass is 10.2. The molecule has 0 bridgehead atoms. The molecule has 0 radical (unpaired) electrons. The second kappa shape index (κ2) is 5.16. The first kappa shape index (κ1) is 13.8. The van der Waals surface area contributed by atoms with Crippen molar-refractivity contribution in [2.75, 3.05) is 19.8 Å². The number of hydrogen-bond donors (Lipinski definition) is 0. The molecule has 2 heterocycles. The monoisotopic (exact) mass is 268 g/mol. The van der Waals surface area contributed by atoms with E-state index < -0.39 is 5.60 Å². The van der Waals surface area contributed by atoms with E-state index in [1.54, 1.807) is 16.6 Å². The van der Waals surface area contributed by atoms with Crippen molar-refractivity contribution in [1.82, 2.24) is 19.7 Å². The number of aromatic nitrogens is 3. The molecular weight excluding hydrogens is 248 g/mol. The molecule has 1 aliphatic rings. The smallest absolute Gasteiger partial charge is 0.411 e. The van der Waals surface area contributed by atoms with E-state index >= 15 is 0 Å². The number of hydrogen-bond acceptors (Lipinski definition) is 5. The molecule has 0 spiro atoms. The van der Waals surface area contributed by atoms with Crippen LogP contribution in [0, 0.1) is 0 Å². The quantitative estimate of drug-likeness (QED) is 0.763. The molecule has 1 saturated heterocycles. The predicted molar refractivity (Wildman–Crippen MR) is 67.5 cm³/mol. The average molecular weight is 268 g/mol. The second-order valence-electron chi connectivity index (χ2n) is 5.51. The Kier molecular flexibility index (Phi) is 3.75. The Hall–Kier alpha value is -1.63. The van der Waals surface area contributed by atoms with Crippen LogP contribution in [0.3, 0.4) is 0 Å². The number of aryl methyl sites for hydroxylation is 1. The molecule has 0 aromatic carbocycles. The SMILES string of the molecule is Cn1ncnc1[C@@H]1COCCN1C(=O)OC(C)(C)C. The maximum absolute atomic E-state index is 12.2. The van der Waals surface area contributed by atoms with Crippen LogP contribution in [-0.2, 0) is 16.5 Å². The predicted octanol–water partition coefficient (Wildman–Crippen LogP) is 1.12. The summed E-state index contributed by atoms with van der Waals surface area (Å²) in [5.74, 6) is 0.700. The summed E-state index contributed by atoms with van der Waals surface area (Å²) < 4.78 is 12.5. The Balaban J connectivity index is 2.17. The van der Waals surface area contributed by atoms with E-state index in [0.717, 1.165) is 0 Å². The van der Waals surface area contributed by atoms with Crippen LogP contribution >= 0.6 is 0 Å². The Morgan fingerprint density at radius 2 is 2.26 bits per heavy atom. The van der Waals surface area contributed by atoms with Gasteiger partial charge < -0.3 is 9.47 Å². The minimum absolute atomic E-state index is 0.254. The normalized spacial score (nSPS) is 20.4. The van der Waals surface area contributed by atoms with Gasteiger partial charge in [0.15, 0.2) is 5.82 Å². The molecule has 0 N–H and O–H groups in total. The lowest BCUT2D eigenvalue weighted by Crippen LogP contribution is -2.46. The summed E-state index contributed by atoms with van der Waals surface area (Å²) in [6, 6.07) is -0.254. The van der Waals surface area contributed by atoms with Gasteiger partial charge in [0, 0.05) is 13.6 Å². The van der Waals surface area contributed by atoms with Gasteiger partial charge in [-0.2, -0.15) is 5.10 Å². The number of ether oxygens (including phenoxy) is 2. The summed E-state index contributed by atoms with van der Waals surface area (Å²) >= 11 is 0. The summed E-state index contributed by atoms with van der Waals surface area (Å²) in [7, 11) is 1.80. The molecule has 2 rings (SSSR count). The zero-order valence-corrected chi connectivity index (χ0v) is 11.8. The Morgan fingerprint density at radius 3 is 2.84 bits per heavy atom. The highest BCUT2D eigenvalue weighted by molar-refractivity contribution is 5.68. The summed E-state index contributed by atoms with van der Waals surface area (Å²) in [6.45, 7) is 6.96. The van der Waals surface area contributed by atoms with E-state index in [1.807, 2.05) is 20.8 Å². The maximum Gasteiger partial charge on any atom is 0.411 e. The minimum Gasteiger partial charge on any atom is -0.444 e. The van der Waals surface area contributed by atoms with E-state index in [1.165, 1.54) is 6.33 Å². The van der Waals surface area contributed by atoms with Crippen molar-refractivity contribution in [1.29, 1.82) is 0 Å². The van der Waals surface area contributed by atoms with Crippen LogP contribution < -0.4 is 0 Å². The van der Waals surface area contributed by atoms with Gasteiger partial charge in [-0.25, -0.2) is 9.78 Å². The molecule has 1 aromatic rings. The fourth-order valence-corrected chi connectivity index (χ4v) is 1.96. The number of rotatable bonds is 1. The maximum atomic E-state index is 12.2. The second-order valence-corrected chi connectivity index (χ2v) is 5.51. The van der Waals surface area contributed by atoms with E-state index in [9.17, 15) is 4.79 Å². The first-order chi connectivity index (χ1) is 8.88. The topological polar surface area (TPSA) is 69.5 Å². The highest BCUT2D eigenvalue weighted by atomic mass is 16.6. The molecule has 1 aliphatic heterocycles. The molecule has 19 heavy (non-hydrogen) atoms. The van der Waals surface area contributed by atoms with Gasteiger partial charge in [-0.15, -0.1) is 0 Å². The largest absolute Gasteiger partial charge is 0.444 e. The molecule has 0 unspecified atom stereocenters. The fraction of sp³-hybridized carbons (Fsp3) is 0.750. The van der Waals surface area contributed by atoms with Crippen LogP contribution in [0.2, 0.25) is 0 Å². The highest BCUT2D eigenvalue weighted by Gasteiger charge is 2.34. The van der Waals surface area contributed by atoms with Crippen LogP contribution in [0.15, 0.2) is 6.33 Å². The van der Waals surface area contributed by atoms with Gasteiger partial charge in [0.2, 0.25) is 0 Å². The first-order valence-corrected chi connectivity index (χ1v) is 6.30. The molecule has 1 amide bonds. The van der Waals surface area contributed by atoms with Gasteiger partial charge >= 0.3 is 6.09 Å². The lowest BCUT2D eigenvalue weighted by molar-refractivity contribution is -0.0358. The van der Waals surface area contributed by atoms with Gasteiger partial charge in [-0.1, -0.05) is 0 Å². The number of nitrogens with zero attached hydrogens (tertiary/aromatic N) is 4. The van der Waals surface area contributed by atoms with Crippen LogP contribution in [0.5, 0.6) is 0 Å². The van der Waals surface area contributed by atoms with Crippen LogP contribution in [0.25, 0.3) is 0 Å². The summed E-state index contributed by atoms with van der Waals surface area (Å²) in [5.41, 5.74) is -0.514. The number of carbonyl (C=O) groups excluding carboxylic acids is 1. The van der Waals surface area contributed by atoms with Gasteiger partial charge in [0.05, 0.1) is 13.2 Å². The van der Waals surface area contributed by atoms with Crippen LogP contribution in [0.1, 0.15) is 32.6 Å². The standard InChI is InChI=1S/C12H20N4O3/c1-12(2,3)19-11(17)16-5-6-18-7-9(16)10-13-8-14-15(10)4/h8-9H,5-7H2,1-4H3/t9-/m0/s1. The summed E-state index contributed by atoms with van der Waals surface area (Å²) in [6.07, 6.45) is 1.13. The van der Waals surface area contributed by atoms with Gasteiger partial charge in [0.25, 0.3) is 0 Å². The molecule has 0 aliphatic carbocycles. The summed E-state index contributed by atoms with van der Waals surface area (Å²) in [5, 5.41) is 4.03. The molecule has 1 atom stereocenters. The van der Waals surface area contributed by atoms with E-state index in [4.69, 9.17) is 9.47 Å². The molecular formula is C12H20N4O3. The Bertz CT molecular complexity index is 452. The molecule has 1 aromatic heterocycles. The molecule has 7 heteroatoms. The van der Waals surface area contributed by atoms with Gasteiger partial charge in [0.1, 0.15) is 18.0 Å². The van der Waals surface area contributed by atoms with Crippen LogP contribution in [-0.4, -0.2) is 51.1 Å². The lowest BCUT2D eigenvalue weighted by Gasteiger charge is -2.35. The third-order valence-electron chi connectivity index (χ3n) is 2.80. The number of morpholine rings is 1. The van der Waals surface area contributed by atoms with Crippen molar-refractivity contribution in [3.63, 3.8) is 0 Å². The van der Waals surface area contributed by atoms with E-state index in [2.05, 4.69) is 10.1 Å². The van der Waals surface area contributed by atoms with Crippen molar-refractivity contribution in [2.24, 2.45) is 7.05 Å². The number of carbonyl (C=O) groups is 1. The molecule has 0 saturated carbocycles. The highest BCUT2D eigenvalue weighted by Crippen LogP contribution is 2.24. The van der Waals surface area contributed by atoms with E-state index in [0.29, 0.717) is 25.6 Å². The Labute approximate surface area is 112 Å². The fourth-order valence-electron chi connectivity index (χ4n) is 1.96. The first-order valence-electron chi connectivity index (χ1n) is 6.30. The van der Waals surface area contributed by atoms with Crippen molar-refractivity contribution in [2.45, 2.75) is 32.4 Å². The van der Waals surface area contributed by atoms with Crippen molar-refractivity contribution < 1.29 is 14.3 Å². The average Bonchev–Trinajstić information content (AvgIpc) is 2.73. The minimum atomic E-state index is -0.514. The van der Waals surface area contributed by atoms with Gasteiger partial charge in [-0.05, 0) is 20.8 Å². The van der Waals surface area contributed by atoms with Crippen LogP contribution in [0.4, 0.5) is 4.79 Å². The van der Waals surface area contributed by atoms with Crippen molar-refractivity contribution in [3.8, 4) is 0 Å². The third kappa shape index (κ3) is 3.23. The summed E-state index contributed by atoms with van der Waals surface area (Å²) in [4.78, 5) is 18.1. The zero-order valence-electron chi connectivity index (χ0n) is 11.8. The van der Waals surface area contributed by atoms with Gasteiger partial charge in [-0.3, -0.25) is 9.58 Å². The molecule has 1 fully saturated rings. The van der Waals surface area contributed by atoms with Crippen molar-refractivity contribution >= 4 is 6.09 Å². The molecule has 106 valence electrons. The Morgan fingerprint density at radius 1 is 1.53 bits per heavy atom. The molecule has 7 nitrogen and oxygen atoms in total. The van der Waals surface area contributed by atoms with Crippen molar-refractivity contribution in [3.05, 3.63) is 12.2 Å². The zero-order chi connectivity index (χ0) is 14.0.